The molecule has 0 aliphatic rings. The van der Waals surface area contributed by atoms with Crippen LogP contribution in [0.15, 0.2) is 18.2 Å². The third-order valence-corrected chi connectivity index (χ3v) is 2.47. The van der Waals surface area contributed by atoms with Crippen LogP contribution in [0.2, 0.25) is 5.02 Å². The van der Waals surface area contributed by atoms with Gasteiger partial charge in [-0.1, -0.05) is 17.7 Å². The van der Waals surface area contributed by atoms with Gasteiger partial charge in [-0.3, -0.25) is 0 Å². The monoisotopic (exact) mass is 260 g/mol. The van der Waals surface area contributed by atoms with E-state index in [0.29, 0.717) is 12.0 Å². The van der Waals surface area contributed by atoms with E-state index in [4.69, 9.17) is 16.3 Å². The average Bonchev–Trinajstić information content (AvgIpc) is 2.20. The highest BCUT2D eigenvalue weighted by Gasteiger charge is 2.14. The van der Waals surface area contributed by atoms with Crippen molar-refractivity contribution in [2.75, 3.05) is 6.61 Å². The Morgan fingerprint density at radius 1 is 1.41 bits per heavy atom. The molecule has 0 spiro atoms. The lowest BCUT2D eigenvalue weighted by atomic mass is 10.1. The number of halogens is 2. The van der Waals surface area contributed by atoms with Crippen LogP contribution >= 0.6 is 11.6 Å². The minimum atomic E-state index is -0.644. The smallest absolute Gasteiger partial charge is 0.142 e. The first kappa shape index (κ1) is 14.4. The molecule has 4 heteroatoms. The molecule has 1 rings (SSSR count). The molecule has 1 unspecified atom stereocenters. The van der Waals surface area contributed by atoms with Crippen LogP contribution in [0.4, 0.5) is 4.39 Å². The van der Waals surface area contributed by atoms with E-state index in [1.165, 1.54) is 12.1 Å². The van der Waals surface area contributed by atoms with Crippen molar-refractivity contribution in [2.24, 2.45) is 0 Å². The average molecular weight is 261 g/mol. The summed E-state index contributed by atoms with van der Waals surface area (Å²) in [4.78, 5) is 0. The summed E-state index contributed by atoms with van der Waals surface area (Å²) >= 11 is 5.58. The third kappa shape index (κ3) is 5.48. The van der Waals surface area contributed by atoms with E-state index < -0.39 is 11.9 Å². The van der Waals surface area contributed by atoms with Crippen LogP contribution in [0.25, 0.3) is 0 Å². The van der Waals surface area contributed by atoms with Crippen LogP contribution in [0.3, 0.4) is 0 Å². The van der Waals surface area contributed by atoms with E-state index in [0.717, 1.165) is 0 Å². The van der Waals surface area contributed by atoms with Gasteiger partial charge in [0.25, 0.3) is 0 Å². The molecule has 1 aromatic rings. The molecule has 96 valence electrons. The molecule has 1 N–H and O–H groups in total. The van der Waals surface area contributed by atoms with Gasteiger partial charge in [0, 0.05) is 6.42 Å². The standard InChI is InChI=1S/C13H18ClFO2/c1-13(2,3)17-8-10(16)6-9-4-5-11(14)12(15)7-9/h4-5,7,10,16H,6,8H2,1-3H3. The van der Waals surface area contributed by atoms with Gasteiger partial charge in [-0.25, -0.2) is 4.39 Å². The van der Waals surface area contributed by atoms with Crippen LogP contribution in [-0.2, 0) is 11.2 Å². The Morgan fingerprint density at radius 3 is 2.59 bits per heavy atom. The summed E-state index contributed by atoms with van der Waals surface area (Å²) in [5.74, 6) is -0.465. The Morgan fingerprint density at radius 2 is 2.06 bits per heavy atom. The summed E-state index contributed by atoms with van der Waals surface area (Å²) < 4.78 is 18.6. The molecule has 1 atom stereocenters. The van der Waals surface area contributed by atoms with Crippen molar-refractivity contribution >= 4 is 11.6 Å². The fraction of sp³-hybridized carbons (Fsp3) is 0.538. The van der Waals surface area contributed by atoms with Gasteiger partial charge in [-0.05, 0) is 38.5 Å². The second-order valence-electron chi connectivity index (χ2n) is 5.03. The number of hydrogen-bond donors (Lipinski definition) is 1. The Bertz CT molecular complexity index is 374. The topological polar surface area (TPSA) is 29.5 Å². The van der Waals surface area contributed by atoms with Gasteiger partial charge in [0.15, 0.2) is 0 Å². The van der Waals surface area contributed by atoms with Crippen LogP contribution in [0, 0.1) is 5.82 Å². The highest BCUT2D eigenvalue weighted by Crippen LogP contribution is 2.17. The van der Waals surface area contributed by atoms with Gasteiger partial charge >= 0.3 is 0 Å². The maximum Gasteiger partial charge on any atom is 0.142 e. The van der Waals surface area contributed by atoms with Crippen LogP contribution in [-0.4, -0.2) is 23.4 Å². The molecule has 0 amide bonds. The number of benzene rings is 1. The van der Waals surface area contributed by atoms with Crippen LogP contribution < -0.4 is 0 Å². The first-order valence-electron chi connectivity index (χ1n) is 5.54. The maximum absolute atomic E-state index is 13.2. The lowest BCUT2D eigenvalue weighted by Crippen LogP contribution is -2.27. The molecule has 0 bridgehead atoms. The number of aliphatic hydroxyl groups is 1. The molecule has 0 aromatic heterocycles. The van der Waals surface area contributed by atoms with Gasteiger partial charge in [-0.2, -0.15) is 0 Å². The molecule has 0 fully saturated rings. The summed E-state index contributed by atoms with van der Waals surface area (Å²) in [6.07, 6.45) is -0.292. The molecule has 17 heavy (non-hydrogen) atoms. The predicted octanol–water partition coefficient (Wildman–Crippen LogP) is 3.20. The molecule has 0 saturated carbocycles. The summed E-state index contributed by atoms with van der Waals surface area (Å²) in [7, 11) is 0. The van der Waals surface area contributed by atoms with Crippen molar-refractivity contribution in [3.63, 3.8) is 0 Å². The van der Waals surface area contributed by atoms with E-state index >= 15 is 0 Å². The number of aliphatic hydroxyl groups excluding tert-OH is 1. The lowest BCUT2D eigenvalue weighted by molar-refractivity contribution is -0.0482. The van der Waals surface area contributed by atoms with E-state index in [1.807, 2.05) is 20.8 Å². The number of hydrogen-bond acceptors (Lipinski definition) is 2. The Hall–Kier alpha value is -0.640. The van der Waals surface area contributed by atoms with Gasteiger partial charge < -0.3 is 9.84 Å². The summed E-state index contributed by atoms with van der Waals surface area (Å²) in [5.41, 5.74) is 0.420. The zero-order valence-corrected chi connectivity index (χ0v) is 11.1. The molecule has 1 aromatic carbocycles. The highest BCUT2D eigenvalue weighted by molar-refractivity contribution is 6.30. The van der Waals surface area contributed by atoms with Crippen molar-refractivity contribution < 1.29 is 14.2 Å². The van der Waals surface area contributed by atoms with Gasteiger partial charge in [0.05, 0.1) is 23.3 Å². The quantitative estimate of drug-likeness (QED) is 0.901. The van der Waals surface area contributed by atoms with Gasteiger partial charge in [0.2, 0.25) is 0 Å². The zero-order valence-electron chi connectivity index (χ0n) is 10.3. The molecule has 0 heterocycles. The largest absolute Gasteiger partial charge is 0.390 e. The fourth-order valence-corrected chi connectivity index (χ4v) is 1.46. The van der Waals surface area contributed by atoms with Gasteiger partial charge in [0.1, 0.15) is 5.82 Å². The molecule has 0 aliphatic heterocycles. The Kier molecular flexibility index (Phi) is 4.92. The van der Waals surface area contributed by atoms with E-state index in [9.17, 15) is 9.50 Å². The number of rotatable bonds is 4. The second-order valence-corrected chi connectivity index (χ2v) is 5.44. The minimum Gasteiger partial charge on any atom is -0.390 e. The molecule has 2 nitrogen and oxygen atoms in total. The second kappa shape index (κ2) is 5.80. The Labute approximate surface area is 106 Å². The van der Waals surface area contributed by atoms with Crippen molar-refractivity contribution in [2.45, 2.75) is 38.9 Å². The summed E-state index contributed by atoms with van der Waals surface area (Å²) in [5, 5.41) is 9.84. The lowest BCUT2D eigenvalue weighted by Gasteiger charge is -2.22. The van der Waals surface area contributed by atoms with Crippen molar-refractivity contribution in [1.82, 2.24) is 0 Å². The first-order valence-corrected chi connectivity index (χ1v) is 5.92. The van der Waals surface area contributed by atoms with Crippen molar-refractivity contribution in [1.29, 1.82) is 0 Å². The van der Waals surface area contributed by atoms with Gasteiger partial charge in [-0.15, -0.1) is 0 Å². The maximum atomic E-state index is 13.2. The zero-order chi connectivity index (χ0) is 13.1. The van der Waals surface area contributed by atoms with Crippen molar-refractivity contribution in [3.05, 3.63) is 34.6 Å². The molecule has 0 radical (unpaired) electrons. The minimum absolute atomic E-state index is 0.0918. The summed E-state index contributed by atoms with van der Waals surface area (Å²) in [6, 6.07) is 4.53. The number of ether oxygens (including phenoxy) is 1. The van der Waals surface area contributed by atoms with Crippen molar-refractivity contribution in [3.8, 4) is 0 Å². The molecule has 0 aliphatic carbocycles. The predicted molar refractivity (Wildman–Crippen MR) is 66.8 cm³/mol. The normalized spacial score (nSPS) is 13.8. The van der Waals surface area contributed by atoms with E-state index in [1.54, 1.807) is 6.07 Å². The molecular weight excluding hydrogens is 243 g/mol. The summed E-state index contributed by atoms with van der Waals surface area (Å²) in [6.45, 7) is 5.98. The SMILES string of the molecule is CC(C)(C)OCC(O)Cc1ccc(Cl)c(F)c1. The third-order valence-electron chi connectivity index (χ3n) is 2.16. The van der Waals surface area contributed by atoms with Crippen LogP contribution in [0.5, 0.6) is 0 Å². The highest BCUT2D eigenvalue weighted by atomic mass is 35.5. The van der Waals surface area contributed by atoms with E-state index in [-0.39, 0.29) is 17.2 Å². The molecular formula is C13H18ClFO2. The first-order chi connectivity index (χ1) is 7.78. The molecule has 0 saturated heterocycles. The van der Waals surface area contributed by atoms with Crippen LogP contribution in [0.1, 0.15) is 26.3 Å². The fourth-order valence-electron chi connectivity index (χ4n) is 1.34. The Balaban J connectivity index is 2.50. The van der Waals surface area contributed by atoms with E-state index in [2.05, 4.69) is 0 Å².